The highest BCUT2D eigenvalue weighted by molar-refractivity contribution is 5.70. The zero-order valence-corrected chi connectivity index (χ0v) is 10.5. The van der Waals surface area contributed by atoms with Crippen LogP contribution in [-0.2, 0) is 9.53 Å². The summed E-state index contributed by atoms with van der Waals surface area (Å²) in [6.45, 7) is 2.01. The standard InChI is InChI=1S/C8H12O3.C6H10/c1-8-4-5(7(9)10)2-3-6(8)11-8;1-2-6-4-3-5(1)6/h5-6H,2-4H2,1H3,(H,9,10);5-6H,1-4H2. The van der Waals surface area contributed by atoms with Crippen molar-refractivity contribution in [3.63, 3.8) is 0 Å². The van der Waals surface area contributed by atoms with Crippen molar-refractivity contribution in [2.24, 2.45) is 17.8 Å². The Kier molecular flexibility index (Phi) is 2.69. The SMILES string of the molecule is C1CC2CCC12.CC12CC(C(=O)O)CCC1O2. The molecule has 4 aliphatic rings. The molecule has 0 aromatic rings. The Bertz CT molecular complexity index is 309. The van der Waals surface area contributed by atoms with Crippen molar-refractivity contribution < 1.29 is 14.6 Å². The Hall–Kier alpha value is -0.570. The van der Waals surface area contributed by atoms with Gasteiger partial charge in [0, 0.05) is 0 Å². The minimum absolute atomic E-state index is 0.0820. The number of hydrogen-bond acceptors (Lipinski definition) is 2. The van der Waals surface area contributed by atoms with Crippen molar-refractivity contribution in [2.45, 2.75) is 63.6 Å². The van der Waals surface area contributed by atoms with Crippen molar-refractivity contribution in [3.8, 4) is 0 Å². The van der Waals surface area contributed by atoms with Crippen molar-refractivity contribution >= 4 is 5.97 Å². The molecule has 4 fully saturated rings. The molecule has 0 aromatic carbocycles. The zero-order valence-electron chi connectivity index (χ0n) is 10.5. The van der Waals surface area contributed by atoms with Gasteiger partial charge < -0.3 is 9.84 Å². The summed E-state index contributed by atoms with van der Waals surface area (Å²) in [6, 6.07) is 0. The molecule has 1 heterocycles. The van der Waals surface area contributed by atoms with E-state index in [0.717, 1.165) is 12.8 Å². The maximum atomic E-state index is 10.6. The number of aliphatic carboxylic acids is 1. The van der Waals surface area contributed by atoms with Gasteiger partial charge in [0.15, 0.2) is 0 Å². The third-order valence-corrected chi connectivity index (χ3v) is 5.30. The average molecular weight is 238 g/mol. The van der Waals surface area contributed by atoms with Crippen molar-refractivity contribution in [1.29, 1.82) is 0 Å². The number of carboxylic acids is 1. The highest BCUT2D eigenvalue weighted by atomic mass is 16.6. The normalized spacial score (nSPS) is 49.5. The summed E-state index contributed by atoms with van der Waals surface area (Å²) < 4.78 is 5.38. The first-order chi connectivity index (χ1) is 8.08. The lowest BCUT2D eigenvalue weighted by molar-refractivity contribution is -0.142. The lowest BCUT2D eigenvalue weighted by Gasteiger charge is -2.46. The number of hydrogen-bond donors (Lipinski definition) is 1. The monoisotopic (exact) mass is 238 g/mol. The van der Waals surface area contributed by atoms with Crippen molar-refractivity contribution in [2.75, 3.05) is 0 Å². The summed E-state index contributed by atoms with van der Waals surface area (Å²) in [6.07, 6.45) is 9.01. The van der Waals surface area contributed by atoms with Crippen LogP contribution in [-0.4, -0.2) is 22.8 Å². The molecule has 3 unspecified atom stereocenters. The van der Waals surface area contributed by atoms with E-state index in [1.54, 1.807) is 25.7 Å². The van der Waals surface area contributed by atoms with Gasteiger partial charge in [0.05, 0.1) is 17.6 Å². The number of carbonyl (C=O) groups is 1. The molecule has 1 saturated heterocycles. The van der Waals surface area contributed by atoms with E-state index in [1.165, 1.54) is 11.8 Å². The van der Waals surface area contributed by atoms with Gasteiger partial charge in [-0.2, -0.15) is 0 Å². The summed E-state index contributed by atoms with van der Waals surface area (Å²) in [7, 11) is 0. The number of carboxylic acid groups (broad SMARTS) is 1. The molecular weight excluding hydrogens is 216 g/mol. The second kappa shape index (κ2) is 3.98. The molecule has 0 amide bonds. The van der Waals surface area contributed by atoms with E-state index in [-0.39, 0.29) is 11.5 Å². The lowest BCUT2D eigenvalue weighted by atomic mass is 9.60. The Morgan fingerprint density at radius 3 is 2.06 bits per heavy atom. The Labute approximate surface area is 103 Å². The molecule has 3 aliphatic carbocycles. The molecule has 1 N–H and O–H groups in total. The second-order valence-electron chi connectivity index (χ2n) is 6.41. The zero-order chi connectivity index (χ0) is 12.0. The third-order valence-electron chi connectivity index (χ3n) is 5.30. The largest absolute Gasteiger partial charge is 0.481 e. The van der Waals surface area contributed by atoms with Crippen LogP contribution >= 0.6 is 0 Å². The molecule has 0 spiro atoms. The van der Waals surface area contributed by atoms with E-state index in [2.05, 4.69) is 0 Å². The fourth-order valence-corrected chi connectivity index (χ4v) is 3.55. The first kappa shape index (κ1) is 11.5. The van der Waals surface area contributed by atoms with Crippen LogP contribution in [0.4, 0.5) is 0 Å². The number of rotatable bonds is 1. The van der Waals surface area contributed by atoms with E-state index in [4.69, 9.17) is 9.84 Å². The van der Waals surface area contributed by atoms with Gasteiger partial charge in [0.25, 0.3) is 0 Å². The van der Waals surface area contributed by atoms with Crippen LogP contribution in [0.15, 0.2) is 0 Å². The number of epoxide rings is 1. The molecule has 3 heteroatoms. The molecule has 3 atom stereocenters. The van der Waals surface area contributed by atoms with Gasteiger partial charge in [0.2, 0.25) is 0 Å². The van der Waals surface area contributed by atoms with Crippen LogP contribution in [0.5, 0.6) is 0 Å². The molecule has 4 rings (SSSR count). The van der Waals surface area contributed by atoms with Gasteiger partial charge in [-0.05, 0) is 63.7 Å². The summed E-state index contributed by atoms with van der Waals surface area (Å²) in [5.41, 5.74) is -0.0820. The van der Waals surface area contributed by atoms with Gasteiger partial charge >= 0.3 is 5.97 Å². The van der Waals surface area contributed by atoms with Gasteiger partial charge in [-0.1, -0.05) is 0 Å². The smallest absolute Gasteiger partial charge is 0.306 e. The second-order valence-corrected chi connectivity index (χ2v) is 6.41. The van der Waals surface area contributed by atoms with Crippen molar-refractivity contribution in [3.05, 3.63) is 0 Å². The molecule has 96 valence electrons. The van der Waals surface area contributed by atoms with Crippen LogP contribution in [0.3, 0.4) is 0 Å². The summed E-state index contributed by atoms with van der Waals surface area (Å²) >= 11 is 0. The van der Waals surface area contributed by atoms with E-state index >= 15 is 0 Å². The van der Waals surface area contributed by atoms with Crippen LogP contribution in [0.2, 0.25) is 0 Å². The fourth-order valence-electron chi connectivity index (χ4n) is 3.55. The molecule has 3 saturated carbocycles. The van der Waals surface area contributed by atoms with E-state index in [9.17, 15) is 4.79 Å². The van der Waals surface area contributed by atoms with Crippen LogP contribution < -0.4 is 0 Å². The molecular formula is C14H22O3. The van der Waals surface area contributed by atoms with Crippen molar-refractivity contribution in [1.82, 2.24) is 0 Å². The van der Waals surface area contributed by atoms with Crippen LogP contribution in [0.25, 0.3) is 0 Å². The number of fused-ring (bicyclic) bond motifs is 2. The Balaban J connectivity index is 0.000000125. The summed E-state index contributed by atoms with van der Waals surface area (Å²) in [5.74, 6) is 1.59. The van der Waals surface area contributed by atoms with E-state index in [1.807, 2.05) is 6.92 Å². The van der Waals surface area contributed by atoms with Gasteiger partial charge in [-0.3, -0.25) is 4.79 Å². The third kappa shape index (κ3) is 2.10. The Morgan fingerprint density at radius 1 is 1.12 bits per heavy atom. The minimum atomic E-state index is -0.667. The fraction of sp³-hybridized carbons (Fsp3) is 0.929. The van der Waals surface area contributed by atoms with Gasteiger partial charge in [-0.15, -0.1) is 0 Å². The molecule has 0 bridgehead atoms. The highest BCUT2D eigenvalue weighted by Gasteiger charge is 2.56. The first-order valence-corrected chi connectivity index (χ1v) is 6.99. The average Bonchev–Trinajstić information content (AvgIpc) is 2.94. The van der Waals surface area contributed by atoms with Crippen LogP contribution in [0.1, 0.15) is 51.9 Å². The predicted molar refractivity (Wildman–Crippen MR) is 63.7 cm³/mol. The molecule has 1 aliphatic heterocycles. The quantitative estimate of drug-likeness (QED) is 0.715. The van der Waals surface area contributed by atoms with E-state index < -0.39 is 5.97 Å². The molecule has 3 nitrogen and oxygen atoms in total. The summed E-state index contributed by atoms with van der Waals surface area (Å²) in [4.78, 5) is 10.6. The maximum absolute atomic E-state index is 10.6. The topological polar surface area (TPSA) is 49.8 Å². The maximum Gasteiger partial charge on any atom is 0.306 e. The molecule has 0 radical (unpaired) electrons. The van der Waals surface area contributed by atoms with Gasteiger partial charge in [-0.25, -0.2) is 0 Å². The number of ether oxygens (including phenoxy) is 1. The van der Waals surface area contributed by atoms with Gasteiger partial charge in [0.1, 0.15) is 0 Å². The lowest BCUT2D eigenvalue weighted by Crippen LogP contribution is -2.34. The predicted octanol–water partition coefficient (Wildman–Crippen LogP) is 2.84. The highest BCUT2D eigenvalue weighted by Crippen LogP contribution is 2.50. The molecule has 17 heavy (non-hydrogen) atoms. The summed E-state index contributed by atoms with van der Waals surface area (Å²) in [5, 5.41) is 8.73. The first-order valence-electron chi connectivity index (χ1n) is 6.99. The van der Waals surface area contributed by atoms with E-state index in [0.29, 0.717) is 12.5 Å². The minimum Gasteiger partial charge on any atom is -0.481 e. The molecule has 0 aromatic heterocycles. The van der Waals surface area contributed by atoms with Crippen LogP contribution in [0, 0.1) is 17.8 Å². The Morgan fingerprint density at radius 2 is 1.71 bits per heavy atom.